The molecule has 0 amide bonds. The smallest absolute Gasteiger partial charge is 0.236 e. The van der Waals surface area contributed by atoms with E-state index in [4.69, 9.17) is 5.73 Å². The fourth-order valence-electron chi connectivity index (χ4n) is 1.83. The fourth-order valence-corrected chi connectivity index (χ4v) is 5.95. The van der Waals surface area contributed by atoms with E-state index < -0.39 is 25.1 Å². The molecule has 1 saturated heterocycles. The highest BCUT2D eigenvalue weighted by molar-refractivity contribution is 7.97. The molecule has 100 valence electrons. The van der Waals surface area contributed by atoms with E-state index in [1.54, 1.807) is 18.2 Å². The Hall–Kier alpha value is -1.28. The Kier molecular flexibility index (Phi) is 3.24. The van der Waals surface area contributed by atoms with Gasteiger partial charge in [-0.05, 0) is 18.6 Å². The third-order valence-corrected chi connectivity index (χ3v) is 6.61. The monoisotopic (exact) mass is 290 g/mol. The maximum Gasteiger partial charge on any atom is 0.236 e. The molecule has 1 heterocycles. The average molecular weight is 290 g/mol. The Bertz CT molecular complexity index is 652. The van der Waals surface area contributed by atoms with E-state index >= 15 is 0 Å². The molecule has 0 radical (unpaired) electrons. The number of nitrogens with two attached hydrogens (primary N) is 1. The zero-order valence-electron chi connectivity index (χ0n) is 9.53. The van der Waals surface area contributed by atoms with Gasteiger partial charge in [-0.25, -0.2) is 16.8 Å². The van der Waals surface area contributed by atoms with Crippen molar-refractivity contribution in [3.8, 4) is 0 Å². The van der Waals surface area contributed by atoms with Gasteiger partial charge in [0.1, 0.15) is 0 Å². The predicted octanol–water partition coefficient (Wildman–Crippen LogP) is 0.198. The first kappa shape index (κ1) is 13.2. The van der Waals surface area contributed by atoms with Crippen molar-refractivity contribution in [1.29, 1.82) is 0 Å². The molecule has 0 aromatic heterocycles. The molecule has 8 heteroatoms. The molecular weight excluding hydrogens is 276 g/mol. The predicted molar refractivity (Wildman–Crippen MR) is 70.5 cm³/mol. The summed E-state index contributed by atoms with van der Waals surface area (Å²) < 4.78 is 49.0. The van der Waals surface area contributed by atoms with Crippen LogP contribution in [0.25, 0.3) is 0 Å². The lowest BCUT2D eigenvalue weighted by Gasteiger charge is -2.13. The number of para-hydroxylation sites is 2. The molecule has 1 fully saturated rings. The summed E-state index contributed by atoms with van der Waals surface area (Å²) in [5, 5.41) is -0.901. The fraction of sp³-hybridized carbons (Fsp3) is 0.400. The highest BCUT2D eigenvalue weighted by atomic mass is 32.2. The Labute approximate surface area is 106 Å². The number of hydrogen-bond acceptors (Lipinski definition) is 5. The van der Waals surface area contributed by atoms with Crippen LogP contribution in [-0.2, 0) is 19.9 Å². The second-order valence-corrected chi connectivity index (χ2v) is 8.45. The molecule has 2 rings (SSSR count). The first-order valence-corrected chi connectivity index (χ1v) is 8.73. The molecule has 0 bridgehead atoms. The van der Waals surface area contributed by atoms with Gasteiger partial charge in [0.15, 0.2) is 9.84 Å². The zero-order valence-corrected chi connectivity index (χ0v) is 11.2. The highest BCUT2D eigenvalue weighted by Gasteiger charge is 2.37. The number of nitrogen functional groups attached to an aromatic ring is 1. The van der Waals surface area contributed by atoms with Crippen LogP contribution in [-0.4, -0.2) is 33.6 Å². The number of rotatable bonds is 3. The summed E-state index contributed by atoms with van der Waals surface area (Å²) in [6.45, 7) is 0. The van der Waals surface area contributed by atoms with Crippen molar-refractivity contribution in [3.05, 3.63) is 24.3 Å². The van der Waals surface area contributed by atoms with Gasteiger partial charge in [-0.15, -0.1) is 0 Å². The standard InChI is InChI=1S/C10H14N2O4S2/c11-9-3-1-2-4-10(9)12-18(15,16)8-5-6-17(13,14)7-8/h1-4,8,12H,5-7,11H2. The molecule has 18 heavy (non-hydrogen) atoms. The summed E-state index contributed by atoms with van der Waals surface area (Å²) in [7, 11) is -6.95. The molecule has 1 aliphatic rings. The van der Waals surface area contributed by atoms with Gasteiger partial charge in [-0.1, -0.05) is 12.1 Å². The van der Waals surface area contributed by atoms with E-state index in [2.05, 4.69) is 4.72 Å². The molecule has 1 aromatic carbocycles. The van der Waals surface area contributed by atoms with E-state index in [0.29, 0.717) is 5.69 Å². The molecule has 6 nitrogen and oxygen atoms in total. The van der Waals surface area contributed by atoms with Crippen LogP contribution in [0.3, 0.4) is 0 Å². The second kappa shape index (κ2) is 4.43. The van der Waals surface area contributed by atoms with Crippen LogP contribution >= 0.6 is 0 Å². The van der Waals surface area contributed by atoms with Crippen molar-refractivity contribution >= 4 is 31.2 Å². The lowest BCUT2D eigenvalue weighted by Crippen LogP contribution is -2.29. The number of nitrogens with one attached hydrogen (secondary N) is 1. The number of benzene rings is 1. The second-order valence-electron chi connectivity index (χ2n) is 4.26. The van der Waals surface area contributed by atoms with Gasteiger partial charge in [0, 0.05) is 0 Å². The number of sulfonamides is 1. The van der Waals surface area contributed by atoms with E-state index in [-0.39, 0.29) is 23.6 Å². The third-order valence-electron chi connectivity index (χ3n) is 2.84. The van der Waals surface area contributed by atoms with Gasteiger partial charge in [-0.3, -0.25) is 4.72 Å². The van der Waals surface area contributed by atoms with E-state index in [0.717, 1.165) is 0 Å². The highest BCUT2D eigenvalue weighted by Crippen LogP contribution is 2.24. The van der Waals surface area contributed by atoms with Crippen molar-refractivity contribution in [1.82, 2.24) is 0 Å². The molecule has 3 N–H and O–H groups in total. The van der Waals surface area contributed by atoms with Crippen LogP contribution in [0.2, 0.25) is 0 Å². The van der Waals surface area contributed by atoms with E-state index in [1.165, 1.54) is 6.07 Å². The molecule has 0 saturated carbocycles. The maximum absolute atomic E-state index is 12.0. The summed E-state index contributed by atoms with van der Waals surface area (Å²) in [5.74, 6) is -0.405. The minimum absolute atomic E-state index is 0.0805. The summed E-state index contributed by atoms with van der Waals surface area (Å²) in [5.41, 5.74) is 6.22. The van der Waals surface area contributed by atoms with Crippen molar-refractivity contribution in [2.75, 3.05) is 22.0 Å². The lowest BCUT2D eigenvalue weighted by molar-refractivity contribution is 0.587. The minimum atomic E-state index is -3.72. The van der Waals surface area contributed by atoms with Crippen LogP contribution in [0.1, 0.15) is 6.42 Å². The minimum Gasteiger partial charge on any atom is -0.397 e. The molecule has 0 aliphatic carbocycles. The summed E-state index contributed by atoms with van der Waals surface area (Å²) in [4.78, 5) is 0. The topological polar surface area (TPSA) is 106 Å². The molecule has 1 atom stereocenters. The van der Waals surface area contributed by atoms with Crippen molar-refractivity contribution in [2.45, 2.75) is 11.7 Å². The van der Waals surface area contributed by atoms with Crippen molar-refractivity contribution in [2.24, 2.45) is 0 Å². The number of anilines is 2. The summed E-state index contributed by atoms with van der Waals surface area (Å²) >= 11 is 0. The molecule has 1 aromatic rings. The Balaban J connectivity index is 2.21. The first-order chi connectivity index (χ1) is 8.30. The van der Waals surface area contributed by atoms with Crippen LogP contribution in [0.5, 0.6) is 0 Å². The molecular formula is C10H14N2O4S2. The van der Waals surface area contributed by atoms with Gasteiger partial charge in [0.05, 0.1) is 28.1 Å². The van der Waals surface area contributed by atoms with Crippen molar-refractivity contribution < 1.29 is 16.8 Å². The molecule has 1 unspecified atom stereocenters. The summed E-state index contributed by atoms with van der Waals surface area (Å²) in [6, 6.07) is 6.45. The van der Waals surface area contributed by atoms with Gasteiger partial charge in [-0.2, -0.15) is 0 Å². The Morgan fingerprint density at radius 3 is 2.50 bits per heavy atom. The third kappa shape index (κ3) is 2.75. The largest absolute Gasteiger partial charge is 0.397 e. The van der Waals surface area contributed by atoms with Gasteiger partial charge >= 0.3 is 0 Å². The van der Waals surface area contributed by atoms with Crippen LogP contribution < -0.4 is 10.5 Å². The van der Waals surface area contributed by atoms with Crippen LogP contribution in [0.4, 0.5) is 11.4 Å². The van der Waals surface area contributed by atoms with E-state index in [1.807, 2.05) is 0 Å². The zero-order chi connectivity index (χ0) is 13.4. The molecule has 0 spiro atoms. The Morgan fingerprint density at radius 2 is 1.94 bits per heavy atom. The van der Waals surface area contributed by atoms with Gasteiger partial charge < -0.3 is 5.73 Å². The van der Waals surface area contributed by atoms with Crippen LogP contribution in [0.15, 0.2) is 24.3 Å². The lowest BCUT2D eigenvalue weighted by atomic mass is 10.3. The van der Waals surface area contributed by atoms with E-state index in [9.17, 15) is 16.8 Å². The average Bonchev–Trinajstić information content (AvgIpc) is 2.63. The Morgan fingerprint density at radius 1 is 1.28 bits per heavy atom. The van der Waals surface area contributed by atoms with Gasteiger partial charge in [0.25, 0.3) is 0 Å². The summed E-state index contributed by atoms with van der Waals surface area (Å²) in [6.07, 6.45) is 0.129. The van der Waals surface area contributed by atoms with Crippen molar-refractivity contribution in [3.63, 3.8) is 0 Å². The van der Waals surface area contributed by atoms with Gasteiger partial charge in [0.2, 0.25) is 10.0 Å². The van der Waals surface area contributed by atoms with Crippen LogP contribution in [0, 0.1) is 0 Å². The quantitative estimate of drug-likeness (QED) is 0.773. The number of hydrogen-bond donors (Lipinski definition) is 2. The molecule has 1 aliphatic heterocycles. The maximum atomic E-state index is 12.0. The first-order valence-electron chi connectivity index (χ1n) is 5.37. The SMILES string of the molecule is Nc1ccccc1NS(=O)(=O)C1CCS(=O)(=O)C1. The normalized spacial score (nSPS) is 22.8. The number of sulfone groups is 1.